The van der Waals surface area contributed by atoms with Gasteiger partial charge in [-0.1, -0.05) is 63.4 Å². The highest BCUT2D eigenvalue weighted by Crippen LogP contribution is 2.32. The molecule has 2 rings (SSSR count). The van der Waals surface area contributed by atoms with E-state index in [9.17, 15) is 13.2 Å². The molecule has 170 valence electrons. The Balaban J connectivity index is 2.30. The summed E-state index contributed by atoms with van der Waals surface area (Å²) in [5, 5.41) is 2.93. The number of benzene rings is 2. The normalized spacial score (nSPS) is 12.2. The maximum Gasteiger partial charge on any atom is 0.264 e. The predicted molar refractivity (Wildman–Crippen MR) is 125 cm³/mol. The van der Waals surface area contributed by atoms with Crippen LogP contribution in [-0.4, -0.2) is 34.0 Å². The van der Waals surface area contributed by atoms with Gasteiger partial charge in [-0.2, -0.15) is 0 Å². The van der Waals surface area contributed by atoms with Crippen LogP contribution in [0.4, 0.5) is 5.69 Å². The van der Waals surface area contributed by atoms with E-state index < -0.39 is 10.0 Å². The van der Waals surface area contributed by atoms with Crippen LogP contribution >= 0.6 is 0 Å². The third-order valence-electron chi connectivity index (χ3n) is 5.18. The summed E-state index contributed by atoms with van der Waals surface area (Å²) in [6, 6.07) is 15.0. The molecule has 0 fully saturated rings. The van der Waals surface area contributed by atoms with Gasteiger partial charge in [-0.15, -0.1) is 0 Å². The van der Waals surface area contributed by atoms with Crippen molar-refractivity contribution in [2.24, 2.45) is 5.92 Å². The molecule has 0 saturated heterocycles. The fourth-order valence-electron chi connectivity index (χ4n) is 3.35. The second kappa shape index (κ2) is 12.3. The SMILES string of the molecule is CCCCC(CC)CNC(=O)CN(c1ccccc1OCC)S(=O)(=O)c1ccccc1. The number of carbonyl (C=O) groups excluding carboxylic acids is 1. The van der Waals surface area contributed by atoms with E-state index in [2.05, 4.69) is 19.2 Å². The van der Waals surface area contributed by atoms with Crippen LogP contribution in [0.2, 0.25) is 0 Å². The van der Waals surface area contributed by atoms with Gasteiger partial charge in [0.25, 0.3) is 10.0 Å². The highest BCUT2D eigenvalue weighted by molar-refractivity contribution is 7.92. The zero-order valence-corrected chi connectivity index (χ0v) is 19.5. The smallest absolute Gasteiger partial charge is 0.264 e. The van der Waals surface area contributed by atoms with Crippen molar-refractivity contribution in [3.63, 3.8) is 0 Å². The lowest BCUT2D eigenvalue weighted by Gasteiger charge is -2.26. The molecule has 0 spiro atoms. The molecule has 2 aromatic carbocycles. The van der Waals surface area contributed by atoms with Gasteiger partial charge in [-0.3, -0.25) is 9.10 Å². The van der Waals surface area contributed by atoms with E-state index >= 15 is 0 Å². The first-order chi connectivity index (χ1) is 14.9. The molecule has 0 aliphatic heterocycles. The van der Waals surface area contributed by atoms with Crippen molar-refractivity contribution in [3.8, 4) is 5.75 Å². The Morgan fingerprint density at radius 2 is 1.71 bits per heavy atom. The second-order valence-corrected chi connectivity index (χ2v) is 9.31. The summed E-state index contributed by atoms with van der Waals surface area (Å²) in [5.74, 6) is 0.478. The monoisotopic (exact) mass is 446 g/mol. The minimum Gasteiger partial charge on any atom is -0.492 e. The number of nitrogens with one attached hydrogen (secondary N) is 1. The Kier molecular flexibility index (Phi) is 9.85. The minimum absolute atomic E-state index is 0.128. The van der Waals surface area contributed by atoms with Crippen LogP contribution in [0.3, 0.4) is 0 Å². The number of carbonyl (C=O) groups is 1. The molecule has 0 bridgehead atoms. The van der Waals surface area contributed by atoms with E-state index in [-0.39, 0.29) is 17.3 Å². The molecule has 1 unspecified atom stereocenters. The molecule has 0 saturated carbocycles. The highest BCUT2D eigenvalue weighted by Gasteiger charge is 2.29. The van der Waals surface area contributed by atoms with Crippen molar-refractivity contribution < 1.29 is 17.9 Å². The van der Waals surface area contributed by atoms with E-state index in [1.54, 1.807) is 42.5 Å². The van der Waals surface area contributed by atoms with E-state index in [1.807, 2.05) is 6.92 Å². The van der Waals surface area contributed by atoms with Crippen LogP contribution in [0.5, 0.6) is 5.75 Å². The molecule has 0 heterocycles. The largest absolute Gasteiger partial charge is 0.492 e. The van der Waals surface area contributed by atoms with Crippen molar-refractivity contribution in [1.29, 1.82) is 0 Å². The Morgan fingerprint density at radius 3 is 2.35 bits per heavy atom. The molecular formula is C24H34N2O4S. The lowest BCUT2D eigenvalue weighted by atomic mass is 9.99. The zero-order valence-electron chi connectivity index (χ0n) is 18.7. The molecule has 1 amide bonds. The van der Waals surface area contributed by atoms with Gasteiger partial charge in [-0.05, 0) is 43.5 Å². The van der Waals surface area contributed by atoms with E-state index in [4.69, 9.17) is 4.74 Å². The molecular weight excluding hydrogens is 412 g/mol. The topological polar surface area (TPSA) is 75.7 Å². The number of anilines is 1. The Labute approximate surface area is 186 Å². The summed E-state index contributed by atoms with van der Waals surface area (Å²) in [4.78, 5) is 12.9. The Hall–Kier alpha value is -2.54. The number of rotatable bonds is 13. The number of ether oxygens (including phenoxy) is 1. The summed E-state index contributed by atoms with van der Waals surface area (Å²) in [7, 11) is -3.96. The Bertz CT molecular complexity index is 916. The van der Waals surface area contributed by atoms with Crippen LogP contribution in [-0.2, 0) is 14.8 Å². The summed E-state index contributed by atoms with van der Waals surface area (Å²) >= 11 is 0. The van der Waals surface area contributed by atoms with Crippen molar-refractivity contribution in [2.45, 2.75) is 51.3 Å². The molecule has 1 N–H and O–H groups in total. The summed E-state index contributed by atoms with van der Waals surface area (Å²) in [6.45, 7) is 6.70. The molecule has 0 aromatic heterocycles. The quantitative estimate of drug-likeness (QED) is 0.487. The van der Waals surface area contributed by atoms with Crippen molar-refractivity contribution >= 4 is 21.6 Å². The molecule has 7 heteroatoms. The van der Waals surface area contributed by atoms with Gasteiger partial charge in [0.2, 0.25) is 5.91 Å². The number of sulfonamides is 1. The molecule has 2 aromatic rings. The minimum atomic E-state index is -3.96. The molecule has 0 aliphatic rings. The number of hydrogen-bond donors (Lipinski definition) is 1. The van der Waals surface area contributed by atoms with E-state index in [1.165, 1.54) is 12.1 Å². The van der Waals surface area contributed by atoms with Crippen LogP contribution < -0.4 is 14.4 Å². The number of hydrogen-bond acceptors (Lipinski definition) is 4. The van der Waals surface area contributed by atoms with Crippen molar-refractivity contribution in [2.75, 3.05) is 24.0 Å². The lowest BCUT2D eigenvalue weighted by Crippen LogP contribution is -2.42. The average molecular weight is 447 g/mol. The number of nitrogens with zero attached hydrogens (tertiary/aromatic N) is 1. The van der Waals surface area contributed by atoms with E-state index in [0.29, 0.717) is 30.5 Å². The molecule has 6 nitrogen and oxygen atoms in total. The van der Waals surface area contributed by atoms with Gasteiger partial charge < -0.3 is 10.1 Å². The van der Waals surface area contributed by atoms with Crippen molar-refractivity contribution in [3.05, 3.63) is 54.6 Å². The van der Waals surface area contributed by atoms with Crippen LogP contribution in [0.1, 0.15) is 46.5 Å². The van der Waals surface area contributed by atoms with Gasteiger partial charge >= 0.3 is 0 Å². The third-order valence-corrected chi connectivity index (χ3v) is 6.96. The van der Waals surface area contributed by atoms with Gasteiger partial charge in [0, 0.05) is 6.54 Å². The van der Waals surface area contributed by atoms with Crippen LogP contribution in [0.25, 0.3) is 0 Å². The summed E-state index contributed by atoms with van der Waals surface area (Å²) in [5.41, 5.74) is 0.348. The fourth-order valence-corrected chi connectivity index (χ4v) is 4.80. The first-order valence-electron chi connectivity index (χ1n) is 11.0. The first kappa shape index (κ1) is 24.7. The van der Waals surface area contributed by atoms with Crippen LogP contribution in [0, 0.1) is 5.92 Å². The van der Waals surface area contributed by atoms with Gasteiger partial charge in [0.05, 0.1) is 17.2 Å². The van der Waals surface area contributed by atoms with Gasteiger partial charge in [0.1, 0.15) is 12.3 Å². The molecule has 0 radical (unpaired) electrons. The number of para-hydroxylation sites is 2. The predicted octanol–water partition coefficient (Wildman–Crippen LogP) is 4.61. The van der Waals surface area contributed by atoms with Crippen molar-refractivity contribution in [1.82, 2.24) is 5.32 Å². The standard InChI is InChI=1S/C24H34N2O4S/c1-4-7-13-20(5-2)18-25-24(27)19-26(22-16-11-12-17-23(22)30-6-3)31(28,29)21-14-9-8-10-15-21/h8-12,14-17,20H,4-7,13,18-19H2,1-3H3,(H,25,27). The fraction of sp³-hybridized carbons (Fsp3) is 0.458. The average Bonchev–Trinajstić information content (AvgIpc) is 2.79. The zero-order chi connectivity index (χ0) is 22.7. The number of unbranched alkanes of at least 4 members (excludes halogenated alkanes) is 1. The Morgan fingerprint density at radius 1 is 1.03 bits per heavy atom. The van der Waals surface area contributed by atoms with Gasteiger partial charge in [0.15, 0.2) is 0 Å². The summed E-state index contributed by atoms with van der Waals surface area (Å²) < 4.78 is 33.7. The molecule has 1 atom stereocenters. The van der Waals surface area contributed by atoms with Gasteiger partial charge in [-0.25, -0.2) is 8.42 Å². The maximum absolute atomic E-state index is 13.5. The lowest BCUT2D eigenvalue weighted by molar-refractivity contribution is -0.119. The summed E-state index contributed by atoms with van der Waals surface area (Å²) in [6.07, 6.45) is 4.25. The highest BCUT2D eigenvalue weighted by atomic mass is 32.2. The van der Waals surface area contributed by atoms with E-state index in [0.717, 1.165) is 30.0 Å². The third kappa shape index (κ3) is 6.99. The molecule has 31 heavy (non-hydrogen) atoms. The number of amides is 1. The first-order valence-corrected chi connectivity index (χ1v) is 12.4. The maximum atomic E-state index is 13.5. The molecule has 0 aliphatic carbocycles. The second-order valence-electron chi connectivity index (χ2n) is 7.45. The van der Waals surface area contributed by atoms with Crippen LogP contribution in [0.15, 0.2) is 59.5 Å².